The monoisotopic (exact) mass is 256 g/mol. The molecule has 1 N–H and O–H groups in total. The van der Waals surface area contributed by atoms with Gasteiger partial charge in [-0.3, -0.25) is 0 Å². The molecule has 0 bridgehead atoms. The van der Waals surface area contributed by atoms with E-state index < -0.39 is 0 Å². The van der Waals surface area contributed by atoms with Gasteiger partial charge in [0.2, 0.25) is 5.89 Å². The average Bonchev–Trinajstić information content (AvgIpc) is 2.84. The fourth-order valence-corrected chi connectivity index (χ4v) is 2.40. The van der Waals surface area contributed by atoms with Gasteiger partial charge in [-0.25, -0.2) is 4.98 Å². The van der Waals surface area contributed by atoms with E-state index >= 15 is 0 Å². The summed E-state index contributed by atoms with van der Waals surface area (Å²) in [5.74, 6) is 1.56. The van der Waals surface area contributed by atoms with E-state index in [9.17, 15) is 0 Å². The third-order valence-electron chi connectivity index (χ3n) is 2.22. The van der Waals surface area contributed by atoms with Gasteiger partial charge in [-0.2, -0.15) is 0 Å². The van der Waals surface area contributed by atoms with E-state index in [1.807, 2.05) is 26.0 Å². The summed E-state index contributed by atoms with van der Waals surface area (Å²) in [6.07, 6.45) is 1.73. The second kappa shape index (κ2) is 4.99. The van der Waals surface area contributed by atoms with Gasteiger partial charge in [0.25, 0.3) is 0 Å². The minimum Gasteiger partial charge on any atom is -0.444 e. The molecule has 0 aliphatic rings. The predicted molar refractivity (Wildman–Crippen MR) is 65.8 cm³/mol. The number of thiophene rings is 1. The van der Waals surface area contributed by atoms with E-state index in [0.29, 0.717) is 0 Å². The van der Waals surface area contributed by atoms with Crippen LogP contribution >= 0.6 is 22.9 Å². The predicted octanol–water partition coefficient (Wildman–Crippen LogP) is 3.55. The van der Waals surface area contributed by atoms with E-state index in [1.54, 1.807) is 17.5 Å². The fourth-order valence-electron chi connectivity index (χ4n) is 1.36. The number of oxazole rings is 1. The van der Waals surface area contributed by atoms with E-state index in [1.165, 1.54) is 4.88 Å². The molecule has 2 rings (SSSR count). The van der Waals surface area contributed by atoms with Gasteiger partial charge in [-0.1, -0.05) is 11.6 Å². The first-order chi connectivity index (χ1) is 7.65. The topological polar surface area (TPSA) is 38.1 Å². The van der Waals surface area contributed by atoms with Crippen molar-refractivity contribution in [2.75, 3.05) is 0 Å². The molecule has 0 fully saturated rings. The SMILES string of the molecule is Cc1cnc(C(C)NCc2ccc(Cl)s2)o1. The standard InChI is InChI=1S/C11H13ClN2OS/c1-7-5-14-11(15-7)8(2)13-6-9-3-4-10(12)16-9/h3-5,8,13H,6H2,1-2H3. The summed E-state index contributed by atoms with van der Waals surface area (Å²) in [7, 11) is 0. The summed E-state index contributed by atoms with van der Waals surface area (Å²) < 4.78 is 6.26. The quantitative estimate of drug-likeness (QED) is 0.909. The first-order valence-corrected chi connectivity index (χ1v) is 6.24. The number of halogens is 1. The third kappa shape index (κ3) is 2.84. The number of nitrogens with zero attached hydrogens (tertiary/aromatic N) is 1. The van der Waals surface area contributed by atoms with Crippen LogP contribution in [0.5, 0.6) is 0 Å². The van der Waals surface area contributed by atoms with Crippen molar-refractivity contribution in [1.29, 1.82) is 0 Å². The van der Waals surface area contributed by atoms with Crippen LogP contribution in [0.2, 0.25) is 4.34 Å². The summed E-state index contributed by atoms with van der Waals surface area (Å²) in [6, 6.07) is 4.03. The normalized spacial score (nSPS) is 12.9. The van der Waals surface area contributed by atoms with Gasteiger partial charge in [0.15, 0.2) is 0 Å². The molecular formula is C11H13ClN2OS. The van der Waals surface area contributed by atoms with Crippen molar-refractivity contribution in [3.8, 4) is 0 Å². The Bertz CT molecular complexity index is 466. The molecule has 0 saturated heterocycles. The number of hydrogen-bond donors (Lipinski definition) is 1. The van der Waals surface area contributed by atoms with Gasteiger partial charge in [0.1, 0.15) is 5.76 Å². The Morgan fingerprint density at radius 1 is 1.56 bits per heavy atom. The molecule has 2 heterocycles. The Labute approximate surface area is 103 Å². The van der Waals surface area contributed by atoms with E-state index in [4.69, 9.17) is 16.0 Å². The van der Waals surface area contributed by atoms with Gasteiger partial charge < -0.3 is 9.73 Å². The molecule has 0 saturated carbocycles. The molecule has 0 aliphatic heterocycles. The molecule has 3 nitrogen and oxygen atoms in total. The number of hydrogen-bond acceptors (Lipinski definition) is 4. The molecule has 1 unspecified atom stereocenters. The Kier molecular flexibility index (Phi) is 3.63. The lowest BCUT2D eigenvalue weighted by Gasteiger charge is -2.08. The molecule has 0 spiro atoms. The molecule has 16 heavy (non-hydrogen) atoms. The number of nitrogens with one attached hydrogen (secondary N) is 1. The highest BCUT2D eigenvalue weighted by atomic mass is 35.5. The van der Waals surface area contributed by atoms with E-state index in [0.717, 1.165) is 22.5 Å². The van der Waals surface area contributed by atoms with E-state index in [-0.39, 0.29) is 6.04 Å². The summed E-state index contributed by atoms with van der Waals surface area (Å²) in [5.41, 5.74) is 0. The maximum Gasteiger partial charge on any atom is 0.211 e. The lowest BCUT2D eigenvalue weighted by Crippen LogP contribution is -2.17. The molecule has 1 atom stereocenters. The molecule has 0 radical (unpaired) electrons. The van der Waals surface area contributed by atoms with Gasteiger partial charge in [0, 0.05) is 11.4 Å². The van der Waals surface area contributed by atoms with Crippen LogP contribution in [0.15, 0.2) is 22.7 Å². The molecule has 2 aromatic rings. The first-order valence-electron chi connectivity index (χ1n) is 5.05. The Morgan fingerprint density at radius 2 is 2.38 bits per heavy atom. The summed E-state index contributed by atoms with van der Waals surface area (Å²) in [4.78, 5) is 5.39. The summed E-state index contributed by atoms with van der Waals surface area (Å²) in [5, 5.41) is 3.34. The average molecular weight is 257 g/mol. The maximum absolute atomic E-state index is 5.86. The molecule has 2 aromatic heterocycles. The zero-order chi connectivity index (χ0) is 11.5. The van der Waals surface area contributed by atoms with Crippen molar-refractivity contribution in [1.82, 2.24) is 10.3 Å². The summed E-state index contributed by atoms with van der Waals surface area (Å²) in [6.45, 7) is 4.70. The van der Waals surface area contributed by atoms with Crippen molar-refractivity contribution in [2.45, 2.75) is 26.4 Å². The minimum absolute atomic E-state index is 0.106. The second-order valence-corrected chi connectivity index (χ2v) is 5.42. The Balaban J connectivity index is 1.91. The van der Waals surface area contributed by atoms with Crippen molar-refractivity contribution in [3.05, 3.63) is 39.2 Å². The number of aryl methyl sites for hydroxylation is 1. The molecule has 5 heteroatoms. The first kappa shape index (κ1) is 11.6. The summed E-state index contributed by atoms with van der Waals surface area (Å²) >= 11 is 7.44. The molecule has 0 amide bonds. The highest BCUT2D eigenvalue weighted by molar-refractivity contribution is 7.16. The zero-order valence-corrected chi connectivity index (χ0v) is 10.7. The Hall–Kier alpha value is -0.840. The van der Waals surface area contributed by atoms with Crippen LogP contribution in [0.25, 0.3) is 0 Å². The second-order valence-electron chi connectivity index (χ2n) is 3.62. The van der Waals surface area contributed by atoms with E-state index in [2.05, 4.69) is 10.3 Å². The fraction of sp³-hybridized carbons (Fsp3) is 0.364. The van der Waals surface area contributed by atoms with Crippen molar-refractivity contribution >= 4 is 22.9 Å². The number of aromatic nitrogens is 1. The lowest BCUT2D eigenvalue weighted by molar-refractivity contribution is 0.403. The van der Waals surface area contributed by atoms with Crippen molar-refractivity contribution < 1.29 is 4.42 Å². The zero-order valence-electron chi connectivity index (χ0n) is 9.16. The van der Waals surface area contributed by atoms with Gasteiger partial charge in [-0.15, -0.1) is 11.3 Å². The van der Waals surface area contributed by atoms with Crippen LogP contribution in [-0.4, -0.2) is 4.98 Å². The lowest BCUT2D eigenvalue weighted by atomic mass is 10.3. The molecule has 0 aromatic carbocycles. The molecular weight excluding hydrogens is 244 g/mol. The van der Waals surface area contributed by atoms with Crippen LogP contribution in [0.3, 0.4) is 0 Å². The van der Waals surface area contributed by atoms with Gasteiger partial charge in [0.05, 0.1) is 16.6 Å². The molecule has 86 valence electrons. The van der Waals surface area contributed by atoms with Crippen LogP contribution in [-0.2, 0) is 6.54 Å². The Morgan fingerprint density at radius 3 is 2.94 bits per heavy atom. The maximum atomic E-state index is 5.86. The van der Waals surface area contributed by atoms with Gasteiger partial charge in [-0.05, 0) is 26.0 Å². The number of rotatable bonds is 4. The van der Waals surface area contributed by atoms with Crippen molar-refractivity contribution in [2.24, 2.45) is 0 Å². The highest BCUT2D eigenvalue weighted by Gasteiger charge is 2.10. The third-order valence-corrected chi connectivity index (χ3v) is 3.45. The smallest absolute Gasteiger partial charge is 0.211 e. The van der Waals surface area contributed by atoms with Crippen LogP contribution < -0.4 is 5.32 Å². The van der Waals surface area contributed by atoms with Crippen molar-refractivity contribution in [3.63, 3.8) is 0 Å². The minimum atomic E-state index is 0.106. The van der Waals surface area contributed by atoms with Crippen LogP contribution in [0.4, 0.5) is 0 Å². The largest absolute Gasteiger partial charge is 0.444 e. The van der Waals surface area contributed by atoms with Crippen LogP contribution in [0.1, 0.15) is 29.5 Å². The molecule has 0 aliphatic carbocycles. The van der Waals surface area contributed by atoms with Gasteiger partial charge >= 0.3 is 0 Å². The van der Waals surface area contributed by atoms with Crippen LogP contribution in [0, 0.1) is 6.92 Å². The highest BCUT2D eigenvalue weighted by Crippen LogP contribution is 2.22.